The van der Waals surface area contributed by atoms with E-state index in [1.807, 2.05) is 54.6 Å². The first-order chi connectivity index (χ1) is 14.5. The van der Waals surface area contributed by atoms with Gasteiger partial charge in [-0.15, -0.1) is 0 Å². The first kappa shape index (κ1) is 20.2. The number of ether oxygens (including phenoxy) is 1. The summed E-state index contributed by atoms with van der Waals surface area (Å²) in [6, 6.07) is 22.4. The molecule has 0 radical (unpaired) electrons. The molecular formula is C24H20F3NO2. The predicted molar refractivity (Wildman–Crippen MR) is 108 cm³/mol. The van der Waals surface area contributed by atoms with Crippen LogP contribution in [-0.2, 0) is 22.1 Å². The van der Waals surface area contributed by atoms with Crippen molar-refractivity contribution in [1.29, 1.82) is 0 Å². The fourth-order valence-corrected chi connectivity index (χ4v) is 3.76. The van der Waals surface area contributed by atoms with Crippen LogP contribution in [0.1, 0.15) is 28.3 Å². The SMILES string of the molecule is O=CC1OCC(c2cccc(C(F)(F)F)c2)N1c1ccc(Cc2ccccc2)cc1. The highest BCUT2D eigenvalue weighted by Crippen LogP contribution is 2.37. The highest BCUT2D eigenvalue weighted by molar-refractivity contribution is 5.66. The van der Waals surface area contributed by atoms with Crippen LogP contribution in [0.15, 0.2) is 78.9 Å². The molecule has 4 rings (SSSR count). The number of hydrogen-bond donors (Lipinski definition) is 0. The Morgan fingerprint density at radius 3 is 2.30 bits per heavy atom. The zero-order chi connectivity index (χ0) is 21.1. The third-order valence-electron chi connectivity index (χ3n) is 5.24. The lowest BCUT2D eigenvalue weighted by molar-refractivity contribution is -0.137. The van der Waals surface area contributed by atoms with Crippen LogP contribution in [-0.4, -0.2) is 19.1 Å². The molecule has 0 spiro atoms. The molecular weight excluding hydrogens is 391 g/mol. The molecule has 2 atom stereocenters. The molecule has 3 nitrogen and oxygen atoms in total. The second-order valence-corrected chi connectivity index (χ2v) is 7.24. The van der Waals surface area contributed by atoms with Crippen LogP contribution in [0.4, 0.5) is 18.9 Å². The summed E-state index contributed by atoms with van der Waals surface area (Å²) in [5.74, 6) is 0. The molecule has 0 N–H and O–H groups in total. The predicted octanol–water partition coefficient (Wildman–Crippen LogP) is 5.40. The summed E-state index contributed by atoms with van der Waals surface area (Å²) in [5, 5.41) is 0. The molecule has 0 saturated carbocycles. The van der Waals surface area contributed by atoms with Crippen molar-refractivity contribution in [3.63, 3.8) is 0 Å². The molecule has 30 heavy (non-hydrogen) atoms. The largest absolute Gasteiger partial charge is 0.416 e. The fraction of sp³-hybridized carbons (Fsp3) is 0.208. The summed E-state index contributed by atoms with van der Waals surface area (Å²) in [7, 11) is 0. The molecule has 1 saturated heterocycles. The second kappa shape index (κ2) is 8.32. The van der Waals surface area contributed by atoms with Gasteiger partial charge in [-0.25, -0.2) is 0 Å². The Labute approximate surface area is 172 Å². The molecule has 1 heterocycles. The van der Waals surface area contributed by atoms with Gasteiger partial charge in [0.05, 0.1) is 18.2 Å². The van der Waals surface area contributed by atoms with Crippen LogP contribution in [0, 0.1) is 0 Å². The summed E-state index contributed by atoms with van der Waals surface area (Å²) in [6.45, 7) is 0.135. The summed E-state index contributed by atoms with van der Waals surface area (Å²) in [6.07, 6.45) is -3.83. The van der Waals surface area contributed by atoms with E-state index in [-0.39, 0.29) is 6.61 Å². The van der Waals surface area contributed by atoms with E-state index in [0.29, 0.717) is 11.8 Å². The van der Waals surface area contributed by atoms with E-state index >= 15 is 0 Å². The van der Waals surface area contributed by atoms with Crippen molar-refractivity contribution in [2.45, 2.75) is 24.9 Å². The minimum Gasteiger partial charge on any atom is -0.349 e. The lowest BCUT2D eigenvalue weighted by atomic mass is 10.0. The molecule has 0 aliphatic carbocycles. The minimum absolute atomic E-state index is 0.135. The summed E-state index contributed by atoms with van der Waals surface area (Å²) in [5.41, 5.74) is 2.75. The van der Waals surface area contributed by atoms with Crippen LogP contribution >= 0.6 is 0 Å². The Morgan fingerprint density at radius 1 is 0.933 bits per heavy atom. The average molecular weight is 411 g/mol. The lowest BCUT2D eigenvalue weighted by Crippen LogP contribution is -2.33. The maximum Gasteiger partial charge on any atom is 0.416 e. The van der Waals surface area contributed by atoms with E-state index in [4.69, 9.17) is 4.74 Å². The van der Waals surface area contributed by atoms with Gasteiger partial charge in [-0.2, -0.15) is 13.2 Å². The van der Waals surface area contributed by atoms with Gasteiger partial charge in [-0.1, -0.05) is 54.6 Å². The molecule has 3 aromatic carbocycles. The van der Waals surface area contributed by atoms with Crippen molar-refractivity contribution in [2.24, 2.45) is 0 Å². The van der Waals surface area contributed by atoms with Gasteiger partial charge in [0.2, 0.25) is 0 Å². The monoisotopic (exact) mass is 411 g/mol. The molecule has 154 valence electrons. The van der Waals surface area contributed by atoms with Crippen molar-refractivity contribution in [2.75, 3.05) is 11.5 Å². The van der Waals surface area contributed by atoms with Gasteiger partial charge in [0.1, 0.15) is 0 Å². The number of aldehydes is 1. The number of halogens is 3. The van der Waals surface area contributed by atoms with Crippen molar-refractivity contribution in [3.05, 3.63) is 101 Å². The fourth-order valence-electron chi connectivity index (χ4n) is 3.76. The molecule has 0 aromatic heterocycles. The van der Waals surface area contributed by atoms with Crippen LogP contribution < -0.4 is 4.90 Å². The van der Waals surface area contributed by atoms with E-state index in [1.165, 1.54) is 11.6 Å². The van der Waals surface area contributed by atoms with Crippen molar-refractivity contribution >= 4 is 12.0 Å². The third-order valence-corrected chi connectivity index (χ3v) is 5.24. The van der Waals surface area contributed by atoms with Crippen molar-refractivity contribution in [1.82, 2.24) is 0 Å². The van der Waals surface area contributed by atoms with Crippen LogP contribution in [0.25, 0.3) is 0 Å². The summed E-state index contributed by atoms with van der Waals surface area (Å²) in [4.78, 5) is 13.3. The van der Waals surface area contributed by atoms with E-state index in [9.17, 15) is 18.0 Å². The van der Waals surface area contributed by atoms with Gasteiger partial charge in [-0.3, -0.25) is 4.79 Å². The minimum atomic E-state index is -4.43. The molecule has 1 aliphatic heterocycles. The average Bonchev–Trinajstić information content (AvgIpc) is 3.19. The van der Waals surface area contributed by atoms with Crippen LogP contribution in [0.5, 0.6) is 0 Å². The second-order valence-electron chi connectivity index (χ2n) is 7.24. The number of nitrogens with zero attached hydrogens (tertiary/aromatic N) is 1. The summed E-state index contributed by atoms with van der Waals surface area (Å²) >= 11 is 0. The number of anilines is 1. The molecule has 0 amide bonds. The highest BCUT2D eigenvalue weighted by Gasteiger charge is 2.37. The topological polar surface area (TPSA) is 29.5 Å². The maximum absolute atomic E-state index is 13.1. The van der Waals surface area contributed by atoms with Gasteiger partial charge >= 0.3 is 6.18 Å². The smallest absolute Gasteiger partial charge is 0.349 e. The maximum atomic E-state index is 13.1. The number of hydrogen-bond acceptors (Lipinski definition) is 3. The van der Waals surface area contributed by atoms with E-state index in [0.717, 1.165) is 29.8 Å². The first-order valence-electron chi connectivity index (χ1n) is 9.61. The Morgan fingerprint density at radius 2 is 1.63 bits per heavy atom. The van der Waals surface area contributed by atoms with Crippen LogP contribution in [0.3, 0.4) is 0 Å². The Bertz CT molecular complexity index is 1000. The van der Waals surface area contributed by atoms with Gasteiger partial charge in [0.15, 0.2) is 12.5 Å². The number of carbonyl (C=O) groups excluding carboxylic acids is 1. The van der Waals surface area contributed by atoms with E-state index < -0.39 is 24.0 Å². The zero-order valence-electron chi connectivity index (χ0n) is 16.0. The molecule has 2 unspecified atom stereocenters. The number of carbonyl (C=O) groups is 1. The van der Waals surface area contributed by atoms with Crippen molar-refractivity contribution < 1.29 is 22.7 Å². The quantitative estimate of drug-likeness (QED) is 0.527. The highest BCUT2D eigenvalue weighted by atomic mass is 19.4. The first-order valence-corrected chi connectivity index (χ1v) is 9.61. The molecule has 1 fully saturated rings. The lowest BCUT2D eigenvalue weighted by Gasteiger charge is -2.28. The normalized spacial score (nSPS) is 19.1. The van der Waals surface area contributed by atoms with Gasteiger partial charge in [-0.05, 0) is 47.4 Å². The van der Waals surface area contributed by atoms with E-state index in [2.05, 4.69) is 0 Å². The number of benzene rings is 3. The number of alkyl halides is 3. The molecule has 1 aliphatic rings. The van der Waals surface area contributed by atoms with E-state index in [1.54, 1.807) is 11.0 Å². The van der Waals surface area contributed by atoms with Crippen LogP contribution in [0.2, 0.25) is 0 Å². The Kier molecular flexibility index (Phi) is 5.59. The van der Waals surface area contributed by atoms with Gasteiger partial charge in [0, 0.05) is 5.69 Å². The van der Waals surface area contributed by atoms with Crippen molar-refractivity contribution in [3.8, 4) is 0 Å². The zero-order valence-corrected chi connectivity index (χ0v) is 16.0. The Hall–Kier alpha value is -3.12. The van der Waals surface area contributed by atoms with Gasteiger partial charge in [0.25, 0.3) is 0 Å². The standard InChI is InChI=1S/C24H20F3NO2/c25-24(26,27)20-8-4-7-19(14-20)22-16-30-23(15-29)28(22)21-11-9-18(10-12-21)13-17-5-2-1-3-6-17/h1-12,14-15,22-23H,13,16H2. The molecule has 3 aromatic rings. The third kappa shape index (κ3) is 4.24. The van der Waals surface area contributed by atoms with Gasteiger partial charge < -0.3 is 9.64 Å². The number of rotatable bonds is 5. The Balaban J connectivity index is 1.61. The molecule has 0 bridgehead atoms. The molecule has 6 heteroatoms. The summed E-state index contributed by atoms with van der Waals surface area (Å²) < 4.78 is 45.0.